The predicted molar refractivity (Wildman–Crippen MR) is 230 cm³/mol. The molecule has 0 aromatic rings. The number of hydrogen-bond donors (Lipinski definition) is 12. The molecule has 0 aromatic heterocycles. The number of hydrogen-bond acceptors (Lipinski definition) is 15. The third kappa shape index (κ3) is 24.9. The zero-order valence-corrected chi connectivity index (χ0v) is 35.9. The van der Waals surface area contributed by atoms with Gasteiger partial charge in [0, 0.05) is 44.1 Å². The summed E-state index contributed by atoms with van der Waals surface area (Å²) in [5, 5.41) is 107. The molecule has 2 heterocycles. The van der Waals surface area contributed by atoms with E-state index in [4.69, 9.17) is 19.9 Å². The van der Waals surface area contributed by atoms with Crippen LogP contribution in [0.4, 0.5) is 4.79 Å². The minimum atomic E-state index is -2.45. The van der Waals surface area contributed by atoms with E-state index in [1.807, 2.05) is 61.6 Å². The molecule has 62 heavy (non-hydrogen) atoms. The van der Waals surface area contributed by atoms with Crippen molar-refractivity contribution in [1.29, 1.82) is 0 Å². The van der Waals surface area contributed by atoms with Gasteiger partial charge in [0.25, 0.3) is 0 Å². The van der Waals surface area contributed by atoms with Gasteiger partial charge in [-0.2, -0.15) is 0 Å². The van der Waals surface area contributed by atoms with E-state index < -0.39 is 110 Å². The minimum absolute atomic E-state index is 0.00263. The number of aliphatic hydroxyl groups excluding tert-OH is 8. The molecule has 17 nitrogen and oxygen atoms in total. The van der Waals surface area contributed by atoms with Gasteiger partial charge >= 0.3 is 12.0 Å². The lowest BCUT2D eigenvalue weighted by Gasteiger charge is -2.33. The summed E-state index contributed by atoms with van der Waals surface area (Å²) in [6.45, 7) is 3.43. The molecule has 0 bridgehead atoms. The van der Waals surface area contributed by atoms with Crippen molar-refractivity contribution in [2.24, 2.45) is 11.7 Å². The Kier molecular flexibility index (Phi) is 26.2. The molecule has 0 unspecified atom stereocenters. The molecule has 1 saturated heterocycles. The molecule has 352 valence electrons. The highest BCUT2D eigenvalue weighted by molar-refractivity contribution is 5.72. The van der Waals surface area contributed by atoms with E-state index in [9.17, 15) is 60.7 Å². The number of allylic oxidation sites excluding steroid dienone is 12. The zero-order valence-electron chi connectivity index (χ0n) is 35.9. The van der Waals surface area contributed by atoms with Gasteiger partial charge in [-0.05, 0) is 45.4 Å². The van der Waals surface area contributed by atoms with E-state index in [1.54, 1.807) is 37.3 Å². The average molecular weight is 881 g/mol. The van der Waals surface area contributed by atoms with Gasteiger partial charge in [0.05, 0.1) is 61.9 Å². The Morgan fingerprint density at radius 1 is 0.661 bits per heavy atom. The van der Waals surface area contributed by atoms with Crippen molar-refractivity contribution in [2.75, 3.05) is 6.61 Å². The van der Waals surface area contributed by atoms with E-state index in [-0.39, 0.29) is 70.3 Å². The highest BCUT2D eigenvalue weighted by Gasteiger charge is 2.33. The van der Waals surface area contributed by atoms with Crippen LogP contribution in [0, 0.1) is 5.92 Å². The van der Waals surface area contributed by atoms with Crippen molar-refractivity contribution in [3.8, 4) is 0 Å². The third-order valence-corrected chi connectivity index (χ3v) is 10.4. The fourth-order valence-electron chi connectivity index (χ4n) is 6.88. The SMILES string of the molecule is C[C@H]1C[C@H](O)[C@@H](C)/C=C/C=C/C=C/C=C/C=C/C=C/C=C/[C@H](O[C@@H]2OC[C@@H](O)C[C@@H]2O)CC[C@H](NC(N)=O)CCC(O)(O)C[C@@H](O)C[C@@H](O)[C@H](O)CC[C@@H](O)C[C@@H](O)CC(=O)O1. The molecular formula is C45H72N2O15. The van der Waals surface area contributed by atoms with Gasteiger partial charge in [-0.15, -0.1) is 0 Å². The summed E-state index contributed by atoms with van der Waals surface area (Å²) in [6.07, 6.45) is 11.9. The van der Waals surface area contributed by atoms with Crippen LogP contribution >= 0.6 is 0 Å². The lowest BCUT2D eigenvalue weighted by atomic mass is 9.93. The molecule has 0 spiro atoms. The van der Waals surface area contributed by atoms with Crippen LogP contribution in [0.25, 0.3) is 0 Å². The van der Waals surface area contributed by atoms with Gasteiger partial charge < -0.3 is 76.3 Å². The second-order valence-corrected chi connectivity index (χ2v) is 16.3. The maximum atomic E-state index is 12.4. The zero-order chi connectivity index (χ0) is 46.1. The summed E-state index contributed by atoms with van der Waals surface area (Å²) in [7, 11) is 0. The molecule has 0 radical (unpaired) electrons. The number of rotatable bonds is 3. The average Bonchev–Trinajstić information content (AvgIpc) is 3.17. The molecule has 1 fully saturated rings. The third-order valence-electron chi connectivity index (χ3n) is 10.4. The van der Waals surface area contributed by atoms with Crippen LogP contribution in [0.1, 0.15) is 90.9 Å². The smallest absolute Gasteiger partial charge is 0.312 e. The molecule has 2 rings (SSSR count). The van der Waals surface area contributed by atoms with Crippen LogP contribution in [-0.2, 0) is 19.0 Å². The standard InChI is InChI=1S/C45H72N2O15/c1-30-15-13-11-9-7-5-3-4-6-8-10-12-14-16-37(62-43-41(55)26-36(51)29-60-43)19-17-32(47-44(46)57)21-22-45(58,59)28-35(50)25-40(54)38(52)20-18-33(48)24-34(49)27-42(56)61-31(2)23-39(30)53/h3-16,30-41,43,48-55,58-59H,17-29H2,1-2H3,(H3,46,47,57)/b4-3+,7-5+,8-6+,11-9+,12-10+,15-13+,16-14+/t30-,31-,32-,33+,34+,35-,36-,37-,38+,39-,40+,41-,43-/m0/s1. The molecule has 0 saturated carbocycles. The van der Waals surface area contributed by atoms with Crippen molar-refractivity contribution in [2.45, 2.75) is 170 Å². The van der Waals surface area contributed by atoms with E-state index in [1.165, 1.54) is 0 Å². The number of urea groups is 1. The van der Waals surface area contributed by atoms with E-state index in [0.717, 1.165) is 0 Å². The van der Waals surface area contributed by atoms with Gasteiger partial charge in [-0.1, -0.05) is 92.0 Å². The Morgan fingerprint density at radius 3 is 1.84 bits per heavy atom. The van der Waals surface area contributed by atoms with Crippen molar-refractivity contribution in [3.63, 3.8) is 0 Å². The van der Waals surface area contributed by atoms with Gasteiger partial charge in [0.2, 0.25) is 0 Å². The number of primary amides is 1. The first-order chi connectivity index (χ1) is 29.3. The highest BCUT2D eigenvalue weighted by atomic mass is 16.7. The molecule has 2 amide bonds. The van der Waals surface area contributed by atoms with Gasteiger partial charge in [-0.25, -0.2) is 4.79 Å². The normalized spacial score (nSPS) is 39.0. The number of nitrogens with two attached hydrogens (primary N) is 1. The summed E-state index contributed by atoms with van der Waals surface area (Å²) < 4.78 is 16.9. The Bertz CT molecular complexity index is 1500. The Labute approximate surface area is 364 Å². The van der Waals surface area contributed by atoms with Crippen LogP contribution in [0.5, 0.6) is 0 Å². The van der Waals surface area contributed by atoms with Gasteiger partial charge in [0.1, 0.15) is 12.2 Å². The van der Waals surface area contributed by atoms with E-state index >= 15 is 0 Å². The summed E-state index contributed by atoms with van der Waals surface area (Å²) in [6, 6.07) is -1.53. The van der Waals surface area contributed by atoms with Crippen LogP contribution in [0.2, 0.25) is 0 Å². The molecule has 2 aliphatic heterocycles. The van der Waals surface area contributed by atoms with Crippen molar-refractivity contribution in [3.05, 3.63) is 85.1 Å². The molecular weight excluding hydrogens is 808 g/mol. The quantitative estimate of drug-likeness (QED) is 0.141. The van der Waals surface area contributed by atoms with Crippen LogP contribution in [0.15, 0.2) is 85.1 Å². The fourth-order valence-corrected chi connectivity index (χ4v) is 6.88. The van der Waals surface area contributed by atoms with Crippen molar-refractivity contribution in [1.82, 2.24) is 5.32 Å². The topological polar surface area (TPSA) is 302 Å². The number of aliphatic hydroxyl groups is 10. The van der Waals surface area contributed by atoms with Crippen LogP contribution < -0.4 is 11.1 Å². The lowest BCUT2D eigenvalue weighted by molar-refractivity contribution is -0.246. The molecule has 13 N–H and O–H groups in total. The second-order valence-electron chi connectivity index (χ2n) is 16.3. The van der Waals surface area contributed by atoms with Crippen LogP contribution in [-0.4, -0.2) is 149 Å². The molecule has 0 aromatic carbocycles. The summed E-state index contributed by atoms with van der Waals surface area (Å²) in [5.41, 5.74) is 5.42. The lowest BCUT2D eigenvalue weighted by Crippen LogP contribution is -2.44. The second kappa shape index (κ2) is 29.7. The number of nitrogens with one attached hydrogen (secondary N) is 1. The summed E-state index contributed by atoms with van der Waals surface area (Å²) >= 11 is 0. The van der Waals surface area contributed by atoms with E-state index in [0.29, 0.717) is 0 Å². The summed E-state index contributed by atoms with van der Waals surface area (Å²) in [4.78, 5) is 24.3. The monoisotopic (exact) mass is 880 g/mol. The minimum Gasteiger partial charge on any atom is -0.462 e. The molecule has 0 aliphatic carbocycles. The van der Waals surface area contributed by atoms with Gasteiger partial charge in [-0.3, -0.25) is 4.79 Å². The van der Waals surface area contributed by atoms with E-state index in [2.05, 4.69) is 5.32 Å². The number of carbonyl (C=O) groups is 2. The predicted octanol–water partition coefficient (Wildman–Crippen LogP) is 1.49. The van der Waals surface area contributed by atoms with Gasteiger partial charge in [0.15, 0.2) is 12.1 Å². The number of amides is 2. The Balaban J connectivity index is 2.20. The maximum Gasteiger partial charge on any atom is 0.312 e. The first-order valence-electron chi connectivity index (χ1n) is 21.4. The summed E-state index contributed by atoms with van der Waals surface area (Å²) in [5.74, 6) is -3.41. The highest BCUT2D eigenvalue weighted by Crippen LogP contribution is 2.25. The molecule has 17 heteroatoms. The Hall–Kier alpha value is -3.56. The van der Waals surface area contributed by atoms with Crippen molar-refractivity contribution >= 4 is 12.0 Å². The van der Waals surface area contributed by atoms with Crippen molar-refractivity contribution < 1.29 is 74.9 Å². The molecule has 13 atom stereocenters. The number of cyclic esters (lactones) is 1. The first-order valence-corrected chi connectivity index (χ1v) is 21.4. The number of esters is 1. The largest absolute Gasteiger partial charge is 0.462 e. The Morgan fingerprint density at radius 2 is 1.24 bits per heavy atom. The van der Waals surface area contributed by atoms with Crippen LogP contribution in [0.3, 0.4) is 0 Å². The number of ether oxygens (including phenoxy) is 3. The first kappa shape index (κ1) is 54.6. The maximum absolute atomic E-state index is 12.4. The number of carbonyl (C=O) groups excluding carboxylic acids is 2. The fraction of sp³-hybridized carbons (Fsp3) is 0.644. The molecule has 2 aliphatic rings.